The van der Waals surface area contributed by atoms with Crippen molar-refractivity contribution in [1.29, 1.82) is 0 Å². The van der Waals surface area contributed by atoms with Crippen LogP contribution in [0.2, 0.25) is 0 Å². The van der Waals surface area contributed by atoms with E-state index < -0.39 is 0 Å². The molecule has 2 N–H and O–H groups in total. The zero-order chi connectivity index (χ0) is 15.4. The van der Waals surface area contributed by atoms with E-state index in [0.717, 1.165) is 12.2 Å². The van der Waals surface area contributed by atoms with Crippen LogP contribution in [0.1, 0.15) is 34.7 Å². The summed E-state index contributed by atoms with van der Waals surface area (Å²) in [6.07, 6.45) is 0.903. The number of ether oxygens (including phenoxy) is 1. The van der Waals surface area contributed by atoms with Gasteiger partial charge < -0.3 is 10.5 Å². The number of hydrogen-bond donors (Lipinski definition) is 1. The molecule has 21 heavy (non-hydrogen) atoms. The third-order valence-electron chi connectivity index (χ3n) is 3.58. The Bertz CT molecular complexity index is 576. The van der Waals surface area contributed by atoms with Crippen LogP contribution in [0.5, 0.6) is 5.75 Å². The maximum atomic E-state index is 6.02. The van der Waals surface area contributed by atoms with Crippen LogP contribution in [0, 0.1) is 20.8 Å². The first-order valence-corrected chi connectivity index (χ1v) is 7.49. The maximum Gasteiger partial charge on any atom is 0.125 e. The molecule has 0 aliphatic rings. The largest absolute Gasteiger partial charge is 0.488 e. The molecule has 2 aromatic rings. The minimum Gasteiger partial charge on any atom is -0.488 e. The molecule has 0 amide bonds. The van der Waals surface area contributed by atoms with Crippen LogP contribution in [0.15, 0.2) is 36.4 Å². The van der Waals surface area contributed by atoms with Crippen LogP contribution in [-0.4, -0.2) is 6.04 Å². The molecular weight excluding hydrogens is 258 g/mol. The van der Waals surface area contributed by atoms with E-state index in [2.05, 4.69) is 57.2 Å². The van der Waals surface area contributed by atoms with Gasteiger partial charge in [0.25, 0.3) is 0 Å². The minimum atomic E-state index is 0.183. The fraction of sp³-hybridized carbons (Fsp3) is 0.368. The van der Waals surface area contributed by atoms with Gasteiger partial charge in [0.05, 0.1) is 0 Å². The molecule has 0 saturated heterocycles. The van der Waals surface area contributed by atoms with Crippen molar-refractivity contribution in [3.05, 3.63) is 64.2 Å². The molecule has 0 fully saturated rings. The van der Waals surface area contributed by atoms with Gasteiger partial charge in [-0.3, -0.25) is 0 Å². The van der Waals surface area contributed by atoms with Gasteiger partial charge in [-0.2, -0.15) is 0 Å². The highest BCUT2D eigenvalue weighted by Gasteiger charge is 2.08. The van der Waals surface area contributed by atoms with Crippen LogP contribution in [-0.2, 0) is 13.0 Å². The van der Waals surface area contributed by atoms with Gasteiger partial charge in [-0.05, 0) is 56.4 Å². The fourth-order valence-corrected chi connectivity index (χ4v) is 2.60. The van der Waals surface area contributed by atoms with Crippen LogP contribution < -0.4 is 10.5 Å². The van der Waals surface area contributed by atoms with Crippen molar-refractivity contribution >= 4 is 0 Å². The molecular formula is C19H25NO. The molecule has 0 radical (unpaired) electrons. The number of nitrogens with two attached hydrogens (primary N) is 1. The van der Waals surface area contributed by atoms with Gasteiger partial charge in [0.15, 0.2) is 0 Å². The first-order valence-electron chi connectivity index (χ1n) is 7.49. The maximum absolute atomic E-state index is 6.02. The van der Waals surface area contributed by atoms with E-state index >= 15 is 0 Å². The lowest BCUT2D eigenvalue weighted by atomic mass is 10.0. The summed E-state index contributed by atoms with van der Waals surface area (Å²) < 4.78 is 6.02. The number of benzene rings is 2. The Morgan fingerprint density at radius 1 is 0.952 bits per heavy atom. The lowest BCUT2D eigenvalue weighted by Crippen LogP contribution is -2.18. The molecule has 112 valence electrons. The molecule has 0 aliphatic heterocycles. The second-order valence-electron chi connectivity index (χ2n) is 6.01. The van der Waals surface area contributed by atoms with Crippen molar-refractivity contribution in [2.45, 2.75) is 46.8 Å². The predicted molar refractivity (Wildman–Crippen MR) is 88.8 cm³/mol. The molecule has 2 nitrogen and oxygen atoms in total. The molecule has 0 heterocycles. The number of hydrogen-bond acceptors (Lipinski definition) is 2. The molecule has 1 unspecified atom stereocenters. The van der Waals surface area contributed by atoms with Crippen molar-refractivity contribution in [3.8, 4) is 5.75 Å². The van der Waals surface area contributed by atoms with E-state index in [4.69, 9.17) is 10.5 Å². The van der Waals surface area contributed by atoms with Crippen molar-refractivity contribution in [2.75, 3.05) is 0 Å². The molecule has 0 spiro atoms. The van der Waals surface area contributed by atoms with Crippen LogP contribution >= 0.6 is 0 Å². The Morgan fingerprint density at radius 2 is 1.52 bits per heavy atom. The smallest absolute Gasteiger partial charge is 0.125 e. The highest BCUT2D eigenvalue weighted by atomic mass is 16.5. The predicted octanol–water partition coefficient (Wildman–Crippen LogP) is 4.08. The first kappa shape index (κ1) is 15.6. The van der Waals surface area contributed by atoms with Gasteiger partial charge >= 0.3 is 0 Å². The van der Waals surface area contributed by atoms with Gasteiger partial charge in [-0.1, -0.05) is 42.0 Å². The summed E-state index contributed by atoms with van der Waals surface area (Å²) >= 11 is 0. The molecule has 1 atom stereocenters. The number of aryl methyl sites for hydroxylation is 3. The monoisotopic (exact) mass is 283 g/mol. The quantitative estimate of drug-likeness (QED) is 0.897. The zero-order valence-electron chi connectivity index (χ0n) is 13.4. The summed E-state index contributed by atoms with van der Waals surface area (Å²) in [7, 11) is 0. The molecule has 2 aromatic carbocycles. The third-order valence-corrected chi connectivity index (χ3v) is 3.58. The van der Waals surface area contributed by atoms with Crippen LogP contribution in [0.3, 0.4) is 0 Å². The SMILES string of the molecule is Cc1ccc(COc2c(C)cc(CC(C)N)cc2C)cc1. The summed E-state index contributed by atoms with van der Waals surface area (Å²) in [6, 6.07) is 13.0. The summed E-state index contributed by atoms with van der Waals surface area (Å²) in [6.45, 7) is 8.93. The average molecular weight is 283 g/mol. The van der Waals surface area contributed by atoms with Crippen molar-refractivity contribution in [3.63, 3.8) is 0 Å². The Morgan fingerprint density at radius 3 is 2.05 bits per heavy atom. The van der Waals surface area contributed by atoms with E-state index in [9.17, 15) is 0 Å². The fourth-order valence-electron chi connectivity index (χ4n) is 2.60. The van der Waals surface area contributed by atoms with Crippen molar-refractivity contribution < 1.29 is 4.74 Å². The Hall–Kier alpha value is -1.80. The summed E-state index contributed by atoms with van der Waals surface area (Å²) in [5.41, 5.74) is 12.0. The van der Waals surface area contributed by atoms with Gasteiger partial charge in [-0.15, -0.1) is 0 Å². The summed E-state index contributed by atoms with van der Waals surface area (Å²) in [5.74, 6) is 0.990. The third kappa shape index (κ3) is 4.33. The normalized spacial score (nSPS) is 12.2. The Labute approximate surface area is 127 Å². The van der Waals surface area contributed by atoms with Gasteiger partial charge in [0.2, 0.25) is 0 Å². The second-order valence-corrected chi connectivity index (χ2v) is 6.01. The Kier molecular flexibility index (Phi) is 5.03. The average Bonchev–Trinajstić information content (AvgIpc) is 2.39. The second kappa shape index (κ2) is 6.77. The summed E-state index contributed by atoms with van der Waals surface area (Å²) in [5, 5.41) is 0. The highest BCUT2D eigenvalue weighted by Crippen LogP contribution is 2.26. The van der Waals surface area contributed by atoms with E-state index in [1.165, 1.54) is 27.8 Å². The van der Waals surface area contributed by atoms with Gasteiger partial charge in [0, 0.05) is 6.04 Å². The Balaban J connectivity index is 2.11. The number of rotatable bonds is 5. The van der Waals surface area contributed by atoms with Crippen LogP contribution in [0.25, 0.3) is 0 Å². The molecule has 2 heteroatoms. The van der Waals surface area contributed by atoms with E-state index in [1.54, 1.807) is 0 Å². The highest BCUT2D eigenvalue weighted by molar-refractivity contribution is 5.43. The van der Waals surface area contributed by atoms with Crippen molar-refractivity contribution in [2.24, 2.45) is 5.73 Å². The molecule has 0 saturated carbocycles. The van der Waals surface area contributed by atoms with Crippen LogP contribution in [0.4, 0.5) is 0 Å². The topological polar surface area (TPSA) is 35.2 Å². The standard InChI is InChI=1S/C19H25NO/c1-13-5-7-17(8-6-13)12-21-19-14(2)9-18(10-15(19)3)11-16(4)20/h5-10,16H,11-12,20H2,1-4H3. The molecule has 0 bridgehead atoms. The molecule has 0 aliphatic carbocycles. The van der Waals surface area contributed by atoms with E-state index in [-0.39, 0.29) is 6.04 Å². The van der Waals surface area contributed by atoms with Gasteiger partial charge in [0.1, 0.15) is 12.4 Å². The van der Waals surface area contributed by atoms with E-state index in [0.29, 0.717) is 6.61 Å². The zero-order valence-corrected chi connectivity index (χ0v) is 13.4. The van der Waals surface area contributed by atoms with Crippen molar-refractivity contribution in [1.82, 2.24) is 0 Å². The lowest BCUT2D eigenvalue weighted by molar-refractivity contribution is 0.302. The molecule has 0 aromatic heterocycles. The molecule has 2 rings (SSSR count). The summed E-state index contributed by atoms with van der Waals surface area (Å²) in [4.78, 5) is 0. The lowest BCUT2D eigenvalue weighted by Gasteiger charge is -2.15. The van der Waals surface area contributed by atoms with Gasteiger partial charge in [-0.25, -0.2) is 0 Å². The van der Waals surface area contributed by atoms with E-state index in [1.807, 2.05) is 6.92 Å². The first-order chi connectivity index (χ1) is 9.95. The minimum absolute atomic E-state index is 0.183.